The first-order valence-corrected chi connectivity index (χ1v) is 5.99. The molecule has 1 fully saturated rings. The van der Waals surface area contributed by atoms with Gasteiger partial charge in [0.15, 0.2) is 0 Å². The van der Waals surface area contributed by atoms with Crippen LogP contribution in [-0.4, -0.2) is 43.8 Å². The van der Waals surface area contributed by atoms with E-state index in [4.69, 9.17) is 15.7 Å². The summed E-state index contributed by atoms with van der Waals surface area (Å²) < 4.78 is 5.19. The maximum Gasteiger partial charge on any atom is 0.102 e. The van der Waals surface area contributed by atoms with Gasteiger partial charge in [-0.2, -0.15) is 5.26 Å². The van der Waals surface area contributed by atoms with Gasteiger partial charge in [0.1, 0.15) is 5.54 Å². The minimum atomic E-state index is -0.686. The number of methoxy groups -OCH3 is 1. The van der Waals surface area contributed by atoms with Crippen molar-refractivity contribution in [2.75, 3.05) is 33.4 Å². The predicted molar refractivity (Wildman–Crippen MR) is 63.9 cm³/mol. The van der Waals surface area contributed by atoms with Crippen molar-refractivity contribution in [2.45, 2.75) is 31.7 Å². The molecule has 4 heteroatoms. The highest BCUT2D eigenvalue weighted by molar-refractivity contribution is 5.01. The minimum Gasteiger partial charge on any atom is -0.384 e. The van der Waals surface area contributed by atoms with Gasteiger partial charge in [-0.3, -0.25) is 0 Å². The van der Waals surface area contributed by atoms with Crippen LogP contribution in [0.5, 0.6) is 0 Å². The first kappa shape index (κ1) is 13.4. The molecule has 0 aromatic carbocycles. The van der Waals surface area contributed by atoms with Crippen LogP contribution in [0.2, 0.25) is 0 Å². The Kier molecular flexibility index (Phi) is 5.20. The summed E-state index contributed by atoms with van der Waals surface area (Å²) in [5.74, 6) is 0.643. The van der Waals surface area contributed by atoms with E-state index < -0.39 is 5.54 Å². The van der Waals surface area contributed by atoms with Crippen LogP contribution < -0.4 is 5.73 Å². The minimum absolute atomic E-state index is 0.643. The zero-order valence-electron chi connectivity index (χ0n) is 10.4. The van der Waals surface area contributed by atoms with Crippen molar-refractivity contribution in [1.82, 2.24) is 4.90 Å². The fourth-order valence-electron chi connectivity index (χ4n) is 2.17. The van der Waals surface area contributed by atoms with Gasteiger partial charge in [-0.15, -0.1) is 0 Å². The summed E-state index contributed by atoms with van der Waals surface area (Å²) in [6.45, 7) is 5.76. The average Bonchev–Trinajstić information content (AvgIpc) is 2.28. The van der Waals surface area contributed by atoms with Crippen LogP contribution >= 0.6 is 0 Å². The fourth-order valence-corrected chi connectivity index (χ4v) is 2.17. The highest BCUT2D eigenvalue weighted by atomic mass is 16.5. The molecule has 0 aliphatic carbocycles. The molecule has 16 heavy (non-hydrogen) atoms. The molecule has 2 unspecified atom stereocenters. The molecule has 4 nitrogen and oxygen atoms in total. The van der Waals surface area contributed by atoms with E-state index in [1.165, 1.54) is 12.8 Å². The van der Waals surface area contributed by atoms with Crippen molar-refractivity contribution in [3.8, 4) is 6.07 Å². The number of nitriles is 1. The molecule has 1 aliphatic heterocycles. The van der Waals surface area contributed by atoms with Crippen molar-refractivity contribution in [3.63, 3.8) is 0 Å². The molecule has 0 bridgehead atoms. The Balaban J connectivity index is 2.30. The smallest absolute Gasteiger partial charge is 0.102 e. The first-order valence-electron chi connectivity index (χ1n) is 5.99. The maximum absolute atomic E-state index is 8.85. The molecule has 92 valence electrons. The van der Waals surface area contributed by atoms with Crippen LogP contribution in [0, 0.1) is 17.2 Å². The van der Waals surface area contributed by atoms with E-state index >= 15 is 0 Å². The Morgan fingerprint density at radius 3 is 3.00 bits per heavy atom. The second-order valence-electron chi connectivity index (χ2n) is 5.04. The third-order valence-electron chi connectivity index (χ3n) is 3.21. The van der Waals surface area contributed by atoms with E-state index in [0.29, 0.717) is 5.92 Å². The van der Waals surface area contributed by atoms with Crippen molar-refractivity contribution in [3.05, 3.63) is 0 Å². The quantitative estimate of drug-likeness (QED) is 0.757. The van der Waals surface area contributed by atoms with E-state index in [1.54, 1.807) is 14.0 Å². The van der Waals surface area contributed by atoms with Gasteiger partial charge >= 0.3 is 0 Å². The Bertz CT molecular complexity index is 245. The number of nitrogens with two attached hydrogens (primary N) is 1. The molecule has 0 saturated carbocycles. The summed E-state index contributed by atoms with van der Waals surface area (Å²) in [5, 5.41) is 8.85. The lowest BCUT2D eigenvalue weighted by molar-refractivity contribution is 0.0884. The summed E-state index contributed by atoms with van der Waals surface area (Å²) in [6, 6.07) is 2.14. The Morgan fingerprint density at radius 2 is 2.38 bits per heavy atom. The van der Waals surface area contributed by atoms with Crippen LogP contribution in [0.25, 0.3) is 0 Å². The van der Waals surface area contributed by atoms with Gasteiger partial charge in [-0.1, -0.05) is 0 Å². The summed E-state index contributed by atoms with van der Waals surface area (Å²) in [7, 11) is 1.76. The monoisotopic (exact) mass is 225 g/mol. The molecule has 0 spiro atoms. The number of nitrogens with zero attached hydrogens (tertiary/aromatic N) is 2. The normalized spacial score (nSPS) is 26.0. The number of rotatable bonds is 5. The number of likely N-dealkylation sites (tertiary alicyclic amines) is 1. The Labute approximate surface area is 98.4 Å². The standard InChI is InChI=1S/C12H23N3O/c1-12(14,10-13)5-7-15-6-3-4-11(8-15)9-16-2/h11H,3-9,14H2,1-2H3. The fraction of sp³-hybridized carbons (Fsp3) is 0.917. The van der Waals surface area contributed by atoms with Gasteiger partial charge in [0.25, 0.3) is 0 Å². The number of hydrogen-bond donors (Lipinski definition) is 1. The van der Waals surface area contributed by atoms with Gasteiger partial charge in [0.2, 0.25) is 0 Å². The molecule has 1 saturated heterocycles. The van der Waals surface area contributed by atoms with Crippen LogP contribution in [-0.2, 0) is 4.74 Å². The van der Waals surface area contributed by atoms with E-state index in [1.807, 2.05) is 0 Å². The zero-order chi connectivity index (χ0) is 12.0. The van der Waals surface area contributed by atoms with Crippen LogP contribution in [0.1, 0.15) is 26.2 Å². The lowest BCUT2D eigenvalue weighted by Gasteiger charge is -2.33. The van der Waals surface area contributed by atoms with Crippen LogP contribution in [0.3, 0.4) is 0 Å². The predicted octanol–water partition coefficient (Wildman–Crippen LogP) is 0.976. The van der Waals surface area contributed by atoms with E-state index in [0.717, 1.165) is 32.7 Å². The second-order valence-corrected chi connectivity index (χ2v) is 5.04. The van der Waals surface area contributed by atoms with Crippen LogP contribution in [0.4, 0.5) is 0 Å². The van der Waals surface area contributed by atoms with Crippen molar-refractivity contribution in [1.29, 1.82) is 5.26 Å². The molecule has 2 N–H and O–H groups in total. The van der Waals surface area contributed by atoms with Crippen LogP contribution in [0.15, 0.2) is 0 Å². The zero-order valence-corrected chi connectivity index (χ0v) is 10.4. The molecule has 2 atom stereocenters. The van der Waals surface area contributed by atoms with E-state index in [2.05, 4.69) is 11.0 Å². The Morgan fingerprint density at radius 1 is 1.62 bits per heavy atom. The van der Waals surface area contributed by atoms with Gasteiger partial charge < -0.3 is 15.4 Å². The number of piperidine rings is 1. The van der Waals surface area contributed by atoms with Gasteiger partial charge in [-0.25, -0.2) is 0 Å². The summed E-state index contributed by atoms with van der Waals surface area (Å²) in [6.07, 6.45) is 3.22. The molecule has 0 amide bonds. The van der Waals surface area contributed by atoms with Crippen molar-refractivity contribution < 1.29 is 4.74 Å². The molecule has 0 radical (unpaired) electrons. The molecular weight excluding hydrogens is 202 g/mol. The molecule has 1 heterocycles. The molecule has 1 aliphatic rings. The molecule has 1 rings (SSSR count). The van der Waals surface area contributed by atoms with E-state index in [-0.39, 0.29) is 0 Å². The van der Waals surface area contributed by atoms with E-state index in [9.17, 15) is 0 Å². The molecule has 0 aromatic heterocycles. The Hall–Kier alpha value is -0.630. The summed E-state index contributed by atoms with van der Waals surface area (Å²) in [4.78, 5) is 2.40. The SMILES string of the molecule is COCC1CCCN(CCC(C)(N)C#N)C1. The lowest BCUT2D eigenvalue weighted by atomic mass is 9.96. The van der Waals surface area contributed by atoms with Crippen molar-refractivity contribution >= 4 is 0 Å². The van der Waals surface area contributed by atoms with Gasteiger partial charge in [-0.05, 0) is 38.6 Å². The number of hydrogen-bond acceptors (Lipinski definition) is 4. The molecule has 0 aromatic rings. The molecular formula is C12H23N3O. The largest absolute Gasteiger partial charge is 0.384 e. The highest BCUT2D eigenvalue weighted by Crippen LogP contribution is 2.17. The van der Waals surface area contributed by atoms with Gasteiger partial charge in [0, 0.05) is 20.2 Å². The second kappa shape index (κ2) is 6.19. The van der Waals surface area contributed by atoms with Crippen molar-refractivity contribution in [2.24, 2.45) is 11.7 Å². The van der Waals surface area contributed by atoms with Gasteiger partial charge in [0.05, 0.1) is 12.7 Å². The topological polar surface area (TPSA) is 62.3 Å². The maximum atomic E-state index is 8.85. The highest BCUT2D eigenvalue weighted by Gasteiger charge is 2.23. The first-order chi connectivity index (χ1) is 7.57. The summed E-state index contributed by atoms with van der Waals surface area (Å²) >= 11 is 0. The lowest BCUT2D eigenvalue weighted by Crippen LogP contribution is -2.42. The number of ether oxygens (including phenoxy) is 1. The third kappa shape index (κ3) is 4.48. The average molecular weight is 225 g/mol. The third-order valence-corrected chi connectivity index (χ3v) is 3.21. The summed E-state index contributed by atoms with van der Waals surface area (Å²) in [5.41, 5.74) is 5.13.